The van der Waals surface area contributed by atoms with E-state index in [0.29, 0.717) is 24.5 Å². The van der Waals surface area contributed by atoms with E-state index < -0.39 is 0 Å². The lowest BCUT2D eigenvalue weighted by Crippen LogP contribution is -2.21. The number of hydrogen-bond acceptors (Lipinski definition) is 6. The van der Waals surface area contributed by atoms with Crippen molar-refractivity contribution in [1.29, 1.82) is 0 Å². The highest BCUT2D eigenvalue weighted by molar-refractivity contribution is 9.10. The molecule has 0 atom stereocenters. The summed E-state index contributed by atoms with van der Waals surface area (Å²) in [6.07, 6.45) is 0. The van der Waals surface area contributed by atoms with Crippen LogP contribution in [0.4, 0.5) is 11.7 Å². The molecule has 20 heavy (non-hydrogen) atoms. The minimum atomic E-state index is 0.364. The van der Waals surface area contributed by atoms with Crippen LogP contribution >= 0.6 is 15.9 Å². The molecule has 6 nitrogen and oxygen atoms in total. The van der Waals surface area contributed by atoms with Crippen LogP contribution in [-0.2, 0) is 6.54 Å². The summed E-state index contributed by atoms with van der Waals surface area (Å²) < 4.78 is 11.5. The monoisotopic (exact) mass is 340 g/mol. The van der Waals surface area contributed by atoms with E-state index in [9.17, 15) is 0 Å². The second kappa shape index (κ2) is 6.71. The van der Waals surface area contributed by atoms with E-state index in [1.807, 2.05) is 18.2 Å². The number of benzene rings is 1. The first-order valence-corrected chi connectivity index (χ1v) is 7.04. The number of nitrogens with zero attached hydrogens (tertiary/aromatic N) is 2. The Hall–Kier alpha value is -1.60. The van der Waals surface area contributed by atoms with Gasteiger partial charge in [0.2, 0.25) is 5.89 Å². The first-order valence-electron chi connectivity index (χ1n) is 6.25. The molecule has 1 heterocycles. The number of ether oxygens (including phenoxy) is 1. The Morgan fingerprint density at radius 1 is 1.35 bits per heavy atom. The molecule has 108 valence electrons. The maximum absolute atomic E-state index is 5.49. The highest BCUT2D eigenvalue weighted by atomic mass is 79.9. The summed E-state index contributed by atoms with van der Waals surface area (Å²) in [7, 11) is 1.62. The van der Waals surface area contributed by atoms with Crippen molar-refractivity contribution in [2.24, 2.45) is 0 Å². The molecule has 0 unspecified atom stereocenters. The molecule has 1 aromatic carbocycles. The molecule has 0 fully saturated rings. The zero-order valence-corrected chi connectivity index (χ0v) is 13.2. The zero-order valence-electron chi connectivity index (χ0n) is 11.6. The van der Waals surface area contributed by atoms with Crippen LogP contribution in [0.1, 0.15) is 19.7 Å². The number of halogens is 1. The molecule has 0 aliphatic rings. The number of methoxy groups -OCH3 is 1. The SMILES string of the molecule is COc1ccc(Nc2nnc(CNC(C)C)o2)cc1Br. The van der Waals surface area contributed by atoms with Crippen LogP contribution in [0.5, 0.6) is 5.75 Å². The fraction of sp³-hybridized carbons (Fsp3) is 0.385. The van der Waals surface area contributed by atoms with Gasteiger partial charge in [0, 0.05) is 11.7 Å². The molecule has 0 bridgehead atoms. The van der Waals surface area contributed by atoms with E-state index in [0.717, 1.165) is 15.9 Å². The normalized spacial score (nSPS) is 10.8. The Morgan fingerprint density at radius 3 is 2.80 bits per heavy atom. The van der Waals surface area contributed by atoms with Gasteiger partial charge in [-0.2, -0.15) is 0 Å². The van der Waals surface area contributed by atoms with Gasteiger partial charge in [0.25, 0.3) is 0 Å². The lowest BCUT2D eigenvalue weighted by atomic mass is 10.3. The van der Waals surface area contributed by atoms with Gasteiger partial charge < -0.3 is 19.8 Å². The van der Waals surface area contributed by atoms with E-state index in [4.69, 9.17) is 9.15 Å². The lowest BCUT2D eigenvalue weighted by Gasteiger charge is -2.06. The van der Waals surface area contributed by atoms with Crippen LogP contribution in [0.3, 0.4) is 0 Å². The Kier molecular flexibility index (Phi) is 4.97. The molecule has 1 aromatic heterocycles. The molecule has 0 radical (unpaired) electrons. The minimum Gasteiger partial charge on any atom is -0.496 e. The molecule has 7 heteroatoms. The van der Waals surface area contributed by atoms with E-state index in [-0.39, 0.29) is 0 Å². The summed E-state index contributed by atoms with van der Waals surface area (Å²) in [5.41, 5.74) is 0.838. The van der Waals surface area contributed by atoms with E-state index >= 15 is 0 Å². The van der Waals surface area contributed by atoms with Gasteiger partial charge in [-0.15, -0.1) is 5.10 Å². The topological polar surface area (TPSA) is 72.2 Å². The maximum atomic E-state index is 5.49. The first kappa shape index (κ1) is 14.8. The fourth-order valence-corrected chi connectivity index (χ4v) is 2.08. The molecular weight excluding hydrogens is 324 g/mol. The van der Waals surface area contributed by atoms with E-state index in [1.165, 1.54) is 0 Å². The summed E-state index contributed by atoms with van der Waals surface area (Å²) in [4.78, 5) is 0. The summed E-state index contributed by atoms with van der Waals surface area (Å²) in [5, 5.41) is 14.2. The van der Waals surface area contributed by atoms with Crippen molar-refractivity contribution in [3.63, 3.8) is 0 Å². The summed E-state index contributed by atoms with van der Waals surface area (Å²) in [6, 6.07) is 6.34. The molecule has 0 saturated heterocycles. The molecule has 0 amide bonds. The summed E-state index contributed by atoms with van der Waals surface area (Å²) in [5.74, 6) is 1.32. The zero-order chi connectivity index (χ0) is 14.5. The van der Waals surface area contributed by atoms with E-state index in [1.54, 1.807) is 7.11 Å². The first-order chi connectivity index (χ1) is 9.58. The van der Waals surface area contributed by atoms with Crippen molar-refractivity contribution in [3.05, 3.63) is 28.6 Å². The number of nitrogens with one attached hydrogen (secondary N) is 2. The number of aromatic nitrogens is 2. The molecule has 0 saturated carbocycles. The van der Waals surface area contributed by atoms with Gasteiger partial charge in [-0.05, 0) is 34.1 Å². The minimum absolute atomic E-state index is 0.364. The Bertz CT molecular complexity index is 571. The molecule has 2 rings (SSSR count). The average molecular weight is 341 g/mol. The van der Waals surface area contributed by atoms with Gasteiger partial charge in [-0.1, -0.05) is 18.9 Å². The third kappa shape index (κ3) is 3.94. The van der Waals surface area contributed by atoms with Crippen LogP contribution < -0.4 is 15.4 Å². The summed E-state index contributed by atoms with van der Waals surface area (Å²) >= 11 is 3.43. The van der Waals surface area contributed by atoms with Gasteiger partial charge in [0.15, 0.2) is 0 Å². The smallest absolute Gasteiger partial charge is 0.320 e. The molecule has 0 aliphatic heterocycles. The predicted octanol–water partition coefficient (Wildman–Crippen LogP) is 3.08. The third-order valence-corrected chi connectivity index (χ3v) is 3.15. The van der Waals surface area contributed by atoms with Gasteiger partial charge in [0.05, 0.1) is 18.1 Å². The van der Waals surface area contributed by atoms with Gasteiger partial charge in [-0.25, -0.2) is 0 Å². The number of rotatable bonds is 6. The molecule has 0 spiro atoms. The molecule has 0 aliphatic carbocycles. The lowest BCUT2D eigenvalue weighted by molar-refractivity contribution is 0.412. The van der Waals surface area contributed by atoms with Crippen molar-refractivity contribution in [1.82, 2.24) is 15.5 Å². The van der Waals surface area contributed by atoms with Crippen LogP contribution in [-0.4, -0.2) is 23.3 Å². The van der Waals surface area contributed by atoms with Crippen molar-refractivity contribution in [3.8, 4) is 5.75 Å². The van der Waals surface area contributed by atoms with Crippen LogP contribution in [0, 0.1) is 0 Å². The number of anilines is 2. The Morgan fingerprint density at radius 2 is 2.15 bits per heavy atom. The van der Waals surface area contributed by atoms with Crippen LogP contribution in [0.2, 0.25) is 0 Å². The van der Waals surface area contributed by atoms with Crippen molar-refractivity contribution in [2.75, 3.05) is 12.4 Å². The molecule has 2 N–H and O–H groups in total. The Labute approximate surface area is 126 Å². The van der Waals surface area contributed by atoms with Crippen molar-refractivity contribution < 1.29 is 9.15 Å². The van der Waals surface area contributed by atoms with Crippen LogP contribution in [0.25, 0.3) is 0 Å². The van der Waals surface area contributed by atoms with E-state index in [2.05, 4.69) is 50.6 Å². The summed E-state index contributed by atoms with van der Waals surface area (Å²) in [6.45, 7) is 4.67. The van der Waals surface area contributed by atoms with Crippen LogP contribution in [0.15, 0.2) is 27.1 Å². The maximum Gasteiger partial charge on any atom is 0.320 e. The highest BCUT2D eigenvalue weighted by Crippen LogP contribution is 2.28. The van der Waals surface area contributed by atoms with Gasteiger partial charge >= 0.3 is 6.01 Å². The molecule has 2 aromatic rings. The molecular formula is C13H17BrN4O2. The number of hydrogen-bond donors (Lipinski definition) is 2. The van der Waals surface area contributed by atoms with Gasteiger partial charge in [-0.3, -0.25) is 0 Å². The average Bonchev–Trinajstić information content (AvgIpc) is 2.84. The quantitative estimate of drug-likeness (QED) is 0.841. The second-order valence-corrected chi connectivity index (χ2v) is 5.37. The highest BCUT2D eigenvalue weighted by Gasteiger charge is 2.08. The van der Waals surface area contributed by atoms with Crippen molar-refractivity contribution >= 4 is 27.6 Å². The predicted molar refractivity (Wildman–Crippen MR) is 80.3 cm³/mol. The fourth-order valence-electron chi connectivity index (χ4n) is 1.53. The standard InChI is InChI=1S/C13H17BrN4O2/c1-8(2)15-7-12-17-18-13(20-12)16-9-4-5-11(19-3)10(14)6-9/h4-6,8,15H,7H2,1-3H3,(H,16,18). The Balaban J connectivity index is 2.01. The van der Waals surface area contributed by atoms with Gasteiger partial charge in [0.1, 0.15) is 5.75 Å². The van der Waals surface area contributed by atoms with Crippen molar-refractivity contribution in [2.45, 2.75) is 26.4 Å². The second-order valence-electron chi connectivity index (χ2n) is 4.51. The third-order valence-electron chi connectivity index (χ3n) is 2.53. The largest absolute Gasteiger partial charge is 0.496 e.